The number of hydrogen-bond donors (Lipinski definition) is 2. The fourth-order valence-electron chi connectivity index (χ4n) is 2.72. The molecule has 6 nitrogen and oxygen atoms in total. The first-order chi connectivity index (χ1) is 9.59. The lowest BCUT2D eigenvalue weighted by Crippen LogP contribution is -2.42. The minimum atomic E-state index is -0.814. The quantitative estimate of drug-likeness (QED) is 0.788. The number of hydrogen-bond acceptors (Lipinski definition) is 5. The Balaban J connectivity index is 1.73. The molecule has 3 rings (SSSR count). The van der Waals surface area contributed by atoms with Gasteiger partial charge in [0.1, 0.15) is 5.56 Å². The van der Waals surface area contributed by atoms with Crippen LogP contribution in [0, 0.1) is 0 Å². The van der Waals surface area contributed by atoms with Gasteiger partial charge in [0, 0.05) is 25.0 Å². The molecule has 1 aliphatic heterocycles. The van der Waals surface area contributed by atoms with Crippen molar-refractivity contribution in [2.24, 2.45) is 0 Å². The van der Waals surface area contributed by atoms with Crippen molar-refractivity contribution in [3.05, 3.63) is 22.1 Å². The van der Waals surface area contributed by atoms with Crippen LogP contribution >= 0.6 is 11.8 Å². The summed E-state index contributed by atoms with van der Waals surface area (Å²) in [4.78, 5) is 28.4. The van der Waals surface area contributed by atoms with Crippen molar-refractivity contribution in [1.82, 2.24) is 14.9 Å². The first-order valence-corrected chi connectivity index (χ1v) is 7.81. The summed E-state index contributed by atoms with van der Waals surface area (Å²) in [7, 11) is 0. The highest BCUT2D eigenvalue weighted by Crippen LogP contribution is 2.28. The fourth-order valence-corrected chi connectivity index (χ4v) is 3.64. The van der Waals surface area contributed by atoms with Crippen LogP contribution in [-0.4, -0.2) is 38.5 Å². The molecule has 0 atom stereocenters. The molecule has 0 spiro atoms. The van der Waals surface area contributed by atoms with Crippen molar-refractivity contribution in [2.45, 2.75) is 43.0 Å². The second kappa shape index (κ2) is 5.21. The molecule has 1 aliphatic carbocycles. The molecule has 0 unspecified atom stereocenters. The molecule has 108 valence electrons. The largest absolute Gasteiger partial charge is 0.388 e. The van der Waals surface area contributed by atoms with Crippen molar-refractivity contribution < 1.29 is 9.90 Å². The molecule has 1 saturated carbocycles. The summed E-state index contributed by atoms with van der Waals surface area (Å²) in [5.74, 6) is 0.364. The average Bonchev–Trinajstić information content (AvgIpc) is 3.06. The van der Waals surface area contributed by atoms with E-state index in [0.29, 0.717) is 24.5 Å². The molecule has 0 aromatic carbocycles. The van der Waals surface area contributed by atoms with Crippen LogP contribution in [0.15, 0.2) is 16.1 Å². The molecule has 7 heteroatoms. The van der Waals surface area contributed by atoms with Gasteiger partial charge in [-0.1, -0.05) is 24.6 Å². The van der Waals surface area contributed by atoms with Gasteiger partial charge in [-0.2, -0.15) is 0 Å². The van der Waals surface area contributed by atoms with E-state index in [9.17, 15) is 14.7 Å². The van der Waals surface area contributed by atoms with Crippen molar-refractivity contribution in [3.8, 4) is 0 Å². The van der Waals surface area contributed by atoms with E-state index in [2.05, 4.69) is 10.3 Å². The summed E-state index contributed by atoms with van der Waals surface area (Å²) in [6.45, 7) is 0.790. The zero-order valence-electron chi connectivity index (χ0n) is 11.1. The van der Waals surface area contributed by atoms with E-state index in [0.717, 1.165) is 18.6 Å². The Bertz CT molecular complexity index is 593. The van der Waals surface area contributed by atoms with Crippen molar-refractivity contribution in [3.63, 3.8) is 0 Å². The van der Waals surface area contributed by atoms with Gasteiger partial charge in [-0.25, -0.2) is 4.98 Å². The third-order valence-electron chi connectivity index (χ3n) is 3.91. The van der Waals surface area contributed by atoms with Crippen molar-refractivity contribution in [1.29, 1.82) is 0 Å². The van der Waals surface area contributed by atoms with Gasteiger partial charge < -0.3 is 10.4 Å². The molecule has 2 N–H and O–H groups in total. The Morgan fingerprint density at radius 3 is 3.00 bits per heavy atom. The molecule has 1 aromatic heterocycles. The Labute approximate surface area is 120 Å². The lowest BCUT2D eigenvalue weighted by molar-refractivity contribution is 0.0449. The molecule has 2 heterocycles. The number of thioether (sulfide) groups is 1. The minimum Gasteiger partial charge on any atom is -0.388 e. The van der Waals surface area contributed by atoms with Crippen LogP contribution in [0.25, 0.3) is 0 Å². The third kappa shape index (κ3) is 2.47. The van der Waals surface area contributed by atoms with Gasteiger partial charge in [0.2, 0.25) is 0 Å². The maximum absolute atomic E-state index is 12.2. The SMILES string of the molecule is O=C(NCC1(O)CCCC1)c1cnc2n(c1=O)CCS2. The number of amides is 1. The first kappa shape index (κ1) is 13.6. The highest BCUT2D eigenvalue weighted by molar-refractivity contribution is 7.99. The van der Waals surface area contributed by atoms with E-state index in [1.165, 1.54) is 22.5 Å². The minimum absolute atomic E-state index is 0.0536. The van der Waals surface area contributed by atoms with Crippen molar-refractivity contribution >= 4 is 17.7 Å². The van der Waals surface area contributed by atoms with Crippen LogP contribution in [0.3, 0.4) is 0 Å². The highest BCUT2D eigenvalue weighted by atomic mass is 32.2. The first-order valence-electron chi connectivity index (χ1n) is 6.82. The average molecular weight is 295 g/mol. The Hall–Kier alpha value is -1.34. The lowest BCUT2D eigenvalue weighted by Gasteiger charge is -2.22. The highest BCUT2D eigenvalue weighted by Gasteiger charge is 2.31. The lowest BCUT2D eigenvalue weighted by atomic mass is 10.0. The van der Waals surface area contributed by atoms with E-state index in [1.54, 1.807) is 0 Å². The molecular formula is C13H17N3O3S. The third-order valence-corrected chi connectivity index (χ3v) is 4.88. The number of carbonyl (C=O) groups excluding carboxylic acids is 1. The Morgan fingerprint density at radius 2 is 2.25 bits per heavy atom. The van der Waals surface area contributed by atoms with E-state index < -0.39 is 11.5 Å². The van der Waals surface area contributed by atoms with E-state index in [1.807, 2.05) is 0 Å². The maximum atomic E-state index is 12.2. The normalized spacial score (nSPS) is 19.9. The van der Waals surface area contributed by atoms with Gasteiger partial charge >= 0.3 is 0 Å². The van der Waals surface area contributed by atoms with Crippen molar-refractivity contribution in [2.75, 3.05) is 12.3 Å². The van der Waals surface area contributed by atoms with Crippen LogP contribution in [0.2, 0.25) is 0 Å². The molecule has 0 radical (unpaired) electrons. The summed E-state index contributed by atoms with van der Waals surface area (Å²) >= 11 is 1.52. The molecule has 1 amide bonds. The molecule has 0 bridgehead atoms. The Morgan fingerprint density at radius 1 is 1.50 bits per heavy atom. The maximum Gasteiger partial charge on any atom is 0.267 e. The molecule has 1 aromatic rings. The topological polar surface area (TPSA) is 84.2 Å². The second-order valence-corrected chi connectivity index (χ2v) is 6.44. The molecular weight excluding hydrogens is 278 g/mol. The number of aliphatic hydroxyl groups is 1. The predicted octanol–water partition coefficient (Wildman–Crippen LogP) is 0.384. The number of rotatable bonds is 3. The zero-order chi connectivity index (χ0) is 14.2. The summed E-state index contributed by atoms with van der Waals surface area (Å²) in [5.41, 5.74) is -1.06. The van der Waals surface area contributed by atoms with Crippen LogP contribution in [-0.2, 0) is 6.54 Å². The number of nitrogens with one attached hydrogen (secondary N) is 1. The standard InChI is InChI=1S/C13H17N3O3S/c17-10(15-8-13(19)3-1-2-4-13)9-7-14-12-16(11(9)18)5-6-20-12/h7,19H,1-6,8H2,(H,15,17). The van der Waals surface area contributed by atoms with Gasteiger partial charge in [-0.05, 0) is 12.8 Å². The predicted molar refractivity (Wildman–Crippen MR) is 75.0 cm³/mol. The van der Waals surface area contributed by atoms with Gasteiger partial charge in [-0.15, -0.1) is 0 Å². The molecule has 0 saturated heterocycles. The summed E-state index contributed by atoms with van der Waals surface area (Å²) in [6, 6.07) is 0. The van der Waals surface area contributed by atoms with E-state index in [-0.39, 0.29) is 17.7 Å². The van der Waals surface area contributed by atoms with Crippen LogP contribution in [0.5, 0.6) is 0 Å². The second-order valence-electron chi connectivity index (χ2n) is 5.37. The van der Waals surface area contributed by atoms with Gasteiger partial charge in [0.25, 0.3) is 11.5 Å². The number of nitrogens with zero attached hydrogens (tertiary/aromatic N) is 2. The molecule has 20 heavy (non-hydrogen) atoms. The summed E-state index contributed by atoms with van der Waals surface area (Å²) in [6.07, 6.45) is 4.69. The van der Waals surface area contributed by atoms with Crippen LogP contribution in [0.1, 0.15) is 36.0 Å². The fraction of sp³-hybridized carbons (Fsp3) is 0.615. The Kier molecular flexibility index (Phi) is 3.55. The molecule has 1 fully saturated rings. The van der Waals surface area contributed by atoms with E-state index in [4.69, 9.17) is 0 Å². The number of carbonyl (C=O) groups is 1. The monoisotopic (exact) mass is 295 g/mol. The van der Waals surface area contributed by atoms with Crippen LogP contribution < -0.4 is 10.9 Å². The summed E-state index contributed by atoms with van der Waals surface area (Å²) in [5, 5.41) is 13.5. The number of aromatic nitrogens is 2. The van der Waals surface area contributed by atoms with Gasteiger partial charge in [0.05, 0.1) is 5.60 Å². The smallest absolute Gasteiger partial charge is 0.267 e. The zero-order valence-corrected chi connectivity index (χ0v) is 11.9. The van der Waals surface area contributed by atoms with Gasteiger partial charge in [0.15, 0.2) is 5.16 Å². The van der Waals surface area contributed by atoms with E-state index >= 15 is 0 Å². The van der Waals surface area contributed by atoms with Crippen LogP contribution in [0.4, 0.5) is 0 Å². The summed E-state index contributed by atoms with van der Waals surface area (Å²) < 4.78 is 1.53. The molecule has 2 aliphatic rings. The number of fused-ring (bicyclic) bond motifs is 1. The van der Waals surface area contributed by atoms with Gasteiger partial charge in [-0.3, -0.25) is 14.2 Å².